The number of nitrogens with one attached hydrogen (secondary N) is 1. The molecular weight excluding hydrogens is 266 g/mol. The Morgan fingerprint density at radius 2 is 2.10 bits per heavy atom. The first-order valence-corrected chi connectivity index (χ1v) is 7.48. The van der Waals surface area contributed by atoms with E-state index >= 15 is 0 Å². The van der Waals surface area contributed by atoms with E-state index in [1.807, 2.05) is 31.3 Å². The molecule has 0 saturated carbocycles. The number of rotatable bonds is 4. The zero-order valence-corrected chi connectivity index (χ0v) is 12.2. The molecule has 0 radical (unpaired) electrons. The highest BCUT2D eigenvalue weighted by Crippen LogP contribution is 2.28. The van der Waals surface area contributed by atoms with Crippen molar-refractivity contribution in [2.24, 2.45) is 5.73 Å². The monoisotopic (exact) mass is 283 g/mol. The lowest BCUT2D eigenvalue weighted by Gasteiger charge is -2.05. The lowest BCUT2D eigenvalue weighted by molar-refractivity contribution is 0.734. The average molecular weight is 283 g/mol. The van der Waals surface area contributed by atoms with Crippen LogP contribution in [0.3, 0.4) is 0 Å². The van der Waals surface area contributed by atoms with E-state index in [9.17, 15) is 0 Å². The molecule has 0 aliphatic rings. The summed E-state index contributed by atoms with van der Waals surface area (Å²) in [5.41, 5.74) is 8.13. The highest BCUT2D eigenvalue weighted by Gasteiger charge is 2.04. The Kier molecular flexibility index (Phi) is 3.76. The average Bonchev–Trinajstić information content (AvgIpc) is 2.82. The summed E-state index contributed by atoms with van der Waals surface area (Å²) in [6.45, 7) is 2.01. The van der Waals surface area contributed by atoms with E-state index in [2.05, 4.69) is 34.2 Å². The number of para-hydroxylation sites is 1. The maximum Gasteiger partial charge on any atom is 0.102 e. The number of nitrogens with two attached hydrogens (primary N) is 1. The third kappa shape index (κ3) is 3.03. The fourth-order valence-electron chi connectivity index (χ4n) is 2.18. The van der Waals surface area contributed by atoms with Crippen LogP contribution in [0.25, 0.3) is 10.9 Å². The number of aromatic amines is 1. The van der Waals surface area contributed by atoms with E-state index in [1.54, 1.807) is 11.8 Å². The van der Waals surface area contributed by atoms with Crippen LogP contribution in [-0.2, 0) is 6.42 Å². The first-order valence-electron chi connectivity index (χ1n) is 6.67. The van der Waals surface area contributed by atoms with Crippen LogP contribution < -0.4 is 5.73 Å². The maximum atomic E-state index is 5.79. The number of fused-ring (bicyclic) bond motifs is 1. The molecule has 0 amide bonds. The topological polar surface area (TPSA) is 54.7 Å². The number of aromatic nitrogens is 2. The SMILES string of the molecule is CC(N)Cc1ccc(Sc2cc3ccccc3[nH]2)nc1. The number of H-pyrrole nitrogens is 1. The molecule has 2 aromatic heterocycles. The fourth-order valence-corrected chi connectivity index (χ4v) is 2.99. The molecule has 3 N–H and O–H groups in total. The quantitative estimate of drug-likeness (QED) is 0.769. The van der Waals surface area contributed by atoms with Gasteiger partial charge in [0.05, 0.1) is 5.03 Å². The van der Waals surface area contributed by atoms with Gasteiger partial charge in [-0.05, 0) is 37.1 Å². The van der Waals surface area contributed by atoms with Crippen LogP contribution in [0.1, 0.15) is 12.5 Å². The van der Waals surface area contributed by atoms with E-state index < -0.39 is 0 Å². The Hall–Kier alpha value is -1.78. The summed E-state index contributed by atoms with van der Waals surface area (Å²) < 4.78 is 0. The molecule has 20 heavy (non-hydrogen) atoms. The molecule has 0 saturated heterocycles. The zero-order valence-electron chi connectivity index (χ0n) is 11.3. The van der Waals surface area contributed by atoms with Gasteiger partial charge in [0.1, 0.15) is 5.03 Å². The highest BCUT2D eigenvalue weighted by atomic mass is 32.2. The molecule has 0 spiro atoms. The first kappa shape index (κ1) is 13.2. The van der Waals surface area contributed by atoms with Crippen LogP contribution in [0, 0.1) is 0 Å². The molecule has 4 heteroatoms. The molecule has 1 atom stereocenters. The summed E-state index contributed by atoms with van der Waals surface area (Å²) in [5.74, 6) is 0. The van der Waals surface area contributed by atoms with E-state index in [4.69, 9.17) is 5.73 Å². The van der Waals surface area contributed by atoms with Crippen molar-refractivity contribution in [1.82, 2.24) is 9.97 Å². The van der Waals surface area contributed by atoms with Gasteiger partial charge in [-0.1, -0.05) is 36.0 Å². The van der Waals surface area contributed by atoms with Gasteiger partial charge in [-0.25, -0.2) is 4.98 Å². The Morgan fingerprint density at radius 1 is 1.25 bits per heavy atom. The van der Waals surface area contributed by atoms with Crippen LogP contribution in [0.4, 0.5) is 0 Å². The van der Waals surface area contributed by atoms with Gasteiger partial charge in [-0.3, -0.25) is 0 Å². The number of benzene rings is 1. The summed E-state index contributed by atoms with van der Waals surface area (Å²) in [6.07, 6.45) is 2.78. The third-order valence-electron chi connectivity index (χ3n) is 3.08. The van der Waals surface area contributed by atoms with Gasteiger partial charge >= 0.3 is 0 Å². The van der Waals surface area contributed by atoms with Crippen molar-refractivity contribution in [1.29, 1.82) is 0 Å². The minimum absolute atomic E-state index is 0.170. The van der Waals surface area contributed by atoms with Gasteiger partial charge in [0.25, 0.3) is 0 Å². The molecule has 0 aliphatic heterocycles. The summed E-state index contributed by atoms with van der Waals surface area (Å²) in [6, 6.07) is 14.7. The molecule has 3 aromatic rings. The van der Waals surface area contributed by atoms with Crippen LogP contribution in [0.2, 0.25) is 0 Å². The largest absolute Gasteiger partial charge is 0.349 e. The van der Waals surface area contributed by atoms with Gasteiger partial charge in [0.2, 0.25) is 0 Å². The number of hydrogen-bond acceptors (Lipinski definition) is 3. The molecule has 1 aromatic carbocycles. The minimum atomic E-state index is 0.170. The van der Waals surface area contributed by atoms with Crippen molar-refractivity contribution in [2.75, 3.05) is 0 Å². The van der Waals surface area contributed by atoms with Gasteiger partial charge < -0.3 is 10.7 Å². The second-order valence-electron chi connectivity index (χ2n) is 5.01. The van der Waals surface area contributed by atoms with Crippen LogP contribution in [-0.4, -0.2) is 16.0 Å². The fraction of sp³-hybridized carbons (Fsp3) is 0.188. The van der Waals surface area contributed by atoms with Crippen molar-refractivity contribution in [3.05, 3.63) is 54.2 Å². The molecule has 102 valence electrons. The highest BCUT2D eigenvalue weighted by molar-refractivity contribution is 7.99. The molecule has 2 heterocycles. The third-order valence-corrected chi connectivity index (χ3v) is 3.97. The normalized spacial score (nSPS) is 12.7. The number of nitrogens with zero attached hydrogens (tertiary/aromatic N) is 1. The van der Waals surface area contributed by atoms with Crippen molar-refractivity contribution < 1.29 is 0 Å². The number of hydrogen-bond donors (Lipinski definition) is 2. The smallest absolute Gasteiger partial charge is 0.102 e. The van der Waals surface area contributed by atoms with Crippen molar-refractivity contribution in [3.8, 4) is 0 Å². The van der Waals surface area contributed by atoms with Gasteiger partial charge in [-0.2, -0.15) is 0 Å². The molecule has 0 fully saturated rings. The predicted octanol–water partition coefficient (Wildman–Crippen LogP) is 3.60. The van der Waals surface area contributed by atoms with E-state index in [0.717, 1.165) is 22.0 Å². The van der Waals surface area contributed by atoms with E-state index in [1.165, 1.54) is 10.9 Å². The number of pyridine rings is 1. The van der Waals surface area contributed by atoms with Gasteiger partial charge in [0, 0.05) is 23.1 Å². The van der Waals surface area contributed by atoms with Crippen molar-refractivity contribution in [2.45, 2.75) is 29.4 Å². The zero-order chi connectivity index (χ0) is 13.9. The minimum Gasteiger partial charge on any atom is -0.349 e. The summed E-state index contributed by atoms with van der Waals surface area (Å²) in [5, 5.41) is 3.33. The molecule has 3 rings (SSSR count). The molecule has 0 bridgehead atoms. The summed E-state index contributed by atoms with van der Waals surface area (Å²) >= 11 is 1.64. The first-order chi connectivity index (χ1) is 9.70. The second kappa shape index (κ2) is 5.69. The lowest BCUT2D eigenvalue weighted by atomic mass is 10.1. The Morgan fingerprint density at radius 3 is 2.80 bits per heavy atom. The summed E-state index contributed by atoms with van der Waals surface area (Å²) in [7, 11) is 0. The lowest BCUT2D eigenvalue weighted by Crippen LogP contribution is -2.17. The Labute approximate surface area is 122 Å². The van der Waals surface area contributed by atoms with E-state index in [-0.39, 0.29) is 6.04 Å². The van der Waals surface area contributed by atoms with E-state index in [0.29, 0.717) is 0 Å². The maximum absolute atomic E-state index is 5.79. The van der Waals surface area contributed by atoms with Gasteiger partial charge in [0.15, 0.2) is 0 Å². The molecule has 1 unspecified atom stereocenters. The van der Waals surface area contributed by atoms with Crippen LogP contribution in [0.5, 0.6) is 0 Å². The molecule has 3 nitrogen and oxygen atoms in total. The Balaban J connectivity index is 1.76. The van der Waals surface area contributed by atoms with Crippen LogP contribution in [0.15, 0.2) is 58.7 Å². The van der Waals surface area contributed by atoms with Crippen LogP contribution >= 0.6 is 11.8 Å². The van der Waals surface area contributed by atoms with Crippen molar-refractivity contribution in [3.63, 3.8) is 0 Å². The summed E-state index contributed by atoms with van der Waals surface area (Å²) in [4.78, 5) is 7.88. The predicted molar refractivity (Wildman–Crippen MR) is 84.0 cm³/mol. The second-order valence-corrected chi connectivity index (χ2v) is 6.07. The van der Waals surface area contributed by atoms with Gasteiger partial charge in [-0.15, -0.1) is 0 Å². The molecule has 0 aliphatic carbocycles. The Bertz CT molecular complexity index is 668. The standard InChI is InChI=1S/C16H17N3S/c1-11(17)8-12-6-7-15(18-10-12)20-16-9-13-4-2-3-5-14(13)19-16/h2-7,9-11,19H,8,17H2,1H3. The molecular formula is C16H17N3S. The van der Waals surface area contributed by atoms with Crippen molar-refractivity contribution >= 4 is 22.7 Å².